The van der Waals surface area contributed by atoms with Crippen LogP contribution in [-0.4, -0.2) is 21.0 Å². The van der Waals surface area contributed by atoms with Crippen LogP contribution < -0.4 is 5.43 Å². The maximum absolute atomic E-state index is 12.2. The van der Waals surface area contributed by atoms with E-state index in [4.69, 9.17) is 5.11 Å². The Morgan fingerprint density at radius 1 is 1.28 bits per heavy atom. The van der Waals surface area contributed by atoms with Gasteiger partial charge in [0, 0.05) is 11.6 Å². The number of hydrogen-bond donors (Lipinski definition) is 2. The number of carboxylic acid groups (broad SMARTS) is 1. The number of para-hydroxylation sites is 1. The van der Waals surface area contributed by atoms with Crippen molar-refractivity contribution in [1.82, 2.24) is 9.97 Å². The molecule has 0 unspecified atom stereocenters. The van der Waals surface area contributed by atoms with E-state index < -0.39 is 11.4 Å². The van der Waals surface area contributed by atoms with Gasteiger partial charge in [0.15, 0.2) is 0 Å². The second-order valence-electron chi connectivity index (χ2n) is 3.90. The SMILES string of the molecule is O=C(O)c1c[nH]c2cnc3ccccc3c2c1=O. The summed E-state index contributed by atoms with van der Waals surface area (Å²) in [7, 11) is 0. The zero-order valence-electron chi connectivity index (χ0n) is 9.18. The van der Waals surface area contributed by atoms with Gasteiger partial charge in [-0.2, -0.15) is 0 Å². The molecular weight excluding hydrogens is 232 g/mol. The number of rotatable bonds is 1. The summed E-state index contributed by atoms with van der Waals surface area (Å²) < 4.78 is 0. The van der Waals surface area contributed by atoms with Gasteiger partial charge in [0.05, 0.1) is 22.6 Å². The maximum atomic E-state index is 12.2. The van der Waals surface area contributed by atoms with E-state index in [1.54, 1.807) is 18.2 Å². The van der Waals surface area contributed by atoms with E-state index in [-0.39, 0.29) is 5.56 Å². The molecule has 0 aliphatic heterocycles. The van der Waals surface area contributed by atoms with Gasteiger partial charge < -0.3 is 10.1 Å². The molecule has 1 aromatic carbocycles. The third-order valence-corrected chi connectivity index (χ3v) is 2.85. The van der Waals surface area contributed by atoms with E-state index in [9.17, 15) is 9.59 Å². The predicted octanol–water partition coefficient (Wildman–Crippen LogP) is 1.77. The number of nitrogens with one attached hydrogen (secondary N) is 1. The standard InChI is InChI=1S/C13H8N2O3/c16-12-8(13(17)18)5-14-10-6-15-9-4-2-1-3-7(9)11(10)12/h1-6H,(H,14,16)(H,17,18). The molecule has 5 nitrogen and oxygen atoms in total. The van der Waals surface area contributed by atoms with Crippen LogP contribution in [0.4, 0.5) is 0 Å². The summed E-state index contributed by atoms with van der Waals surface area (Å²) in [5.74, 6) is -1.24. The summed E-state index contributed by atoms with van der Waals surface area (Å²) in [6, 6.07) is 7.14. The first-order chi connectivity index (χ1) is 8.68. The van der Waals surface area contributed by atoms with Crippen molar-refractivity contribution in [3.05, 3.63) is 52.4 Å². The van der Waals surface area contributed by atoms with Gasteiger partial charge in [0.1, 0.15) is 5.56 Å². The lowest BCUT2D eigenvalue weighted by Crippen LogP contribution is -2.15. The molecule has 0 bridgehead atoms. The number of nitrogens with zero attached hydrogens (tertiary/aromatic N) is 1. The van der Waals surface area contributed by atoms with Crippen LogP contribution in [0.2, 0.25) is 0 Å². The van der Waals surface area contributed by atoms with Crippen LogP contribution in [0.15, 0.2) is 41.5 Å². The molecule has 18 heavy (non-hydrogen) atoms. The van der Waals surface area contributed by atoms with Crippen LogP contribution in [0.3, 0.4) is 0 Å². The van der Waals surface area contributed by atoms with Gasteiger partial charge in [-0.05, 0) is 6.07 Å². The molecule has 0 saturated heterocycles. The first kappa shape index (κ1) is 10.5. The quantitative estimate of drug-likeness (QED) is 0.635. The molecule has 0 fully saturated rings. The van der Waals surface area contributed by atoms with Crippen molar-refractivity contribution in [2.24, 2.45) is 0 Å². The number of aromatic carboxylic acids is 1. The van der Waals surface area contributed by atoms with Crippen LogP contribution >= 0.6 is 0 Å². The summed E-state index contributed by atoms with van der Waals surface area (Å²) >= 11 is 0. The molecule has 3 rings (SSSR count). The fourth-order valence-corrected chi connectivity index (χ4v) is 2.00. The zero-order valence-corrected chi connectivity index (χ0v) is 9.18. The summed E-state index contributed by atoms with van der Waals surface area (Å²) in [6.45, 7) is 0. The van der Waals surface area contributed by atoms with Gasteiger partial charge >= 0.3 is 5.97 Å². The molecular formula is C13H8N2O3. The number of carbonyl (C=O) groups is 1. The number of benzene rings is 1. The largest absolute Gasteiger partial charge is 0.477 e. The van der Waals surface area contributed by atoms with Crippen molar-refractivity contribution in [3.8, 4) is 0 Å². The van der Waals surface area contributed by atoms with Gasteiger partial charge in [-0.25, -0.2) is 4.79 Å². The summed E-state index contributed by atoms with van der Waals surface area (Å²) in [6.07, 6.45) is 2.73. The second kappa shape index (κ2) is 3.66. The van der Waals surface area contributed by atoms with Gasteiger partial charge in [-0.3, -0.25) is 9.78 Å². The fourth-order valence-electron chi connectivity index (χ4n) is 2.00. The Kier molecular flexibility index (Phi) is 2.13. The lowest BCUT2D eigenvalue weighted by Gasteiger charge is -2.03. The van der Waals surface area contributed by atoms with E-state index in [1.165, 1.54) is 12.4 Å². The molecule has 2 N–H and O–H groups in total. The topological polar surface area (TPSA) is 83.0 Å². The minimum absolute atomic E-state index is 0.265. The molecule has 2 heterocycles. The summed E-state index contributed by atoms with van der Waals surface area (Å²) in [5, 5.41) is 9.98. The van der Waals surface area contributed by atoms with E-state index in [2.05, 4.69) is 9.97 Å². The number of aromatic amines is 1. The smallest absolute Gasteiger partial charge is 0.341 e. The predicted molar refractivity (Wildman–Crippen MR) is 66.8 cm³/mol. The number of aromatic nitrogens is 2. The van der Waals surface area contributed by atoms with Crippen LogP contribution in [0.1, 0.15) is 10.4 Å². The van der Waals surface area contributed by atoms with Gasteiger partial charge in [-0.1, -0.05) is 18.2 Å². The van der Waals surface area contributed by atoms with Crippen molar-refractivity contribution < 1.29 is 9.90 Å². The van der Waals surface area contributed by atoms with E-state index in [0.717, 1.165) is 0 Å². The lowest BCUT2D eigenvalue weighted by atomic mass is 10.1. The number of H-pyrrole nitrogens is 1. The monoisotopic (exact) mass is 240 g/mol. The van der Waals surface area contributed by atoms with Crippen molar-refractivity contribution in [2.75, 3.05) is 0 Å². The second-order valence-corrected chi connectivity index (χ2v) is 3.90. The lowest BCUT2D eigenvalue weighted by molar-refractivity contribution is 0.0695. The Balaban J connectivity index is 2.59. The van der Waals surface area contributed by atoms with Crippen molar-refractivity contribution in [1.29, 1.82) is 0 Å². The molecule has 2 aromatic heterocycles. The van der Waals surface area contributed by atoms with Gasteiger partial charge in [-0.15, -0.1) is 0 Å². The first-order valence-corrected chi connectivity index (χ1v) is 5.31. The van der Waals surface area contributed by atoms with Crippen LogP contribution in [0.25, 0.3) is 21.8 Å². The number of hydrogen-bond acceptors (Lipinski definition) is 3. The van der Waals surface area contributed by atoms with Crippen LogP contribution in [0.5, 0.6) is 0 Å². The number of carboxylic acids is 1. The van der Waals surface area contributed by atoms with Gasteiger partial charge in [0.25, 0.3) is 0 Å². The van der Waals surface area contributed by atoms with Crippen molar-refractivity contribution in [2.45, 2.75) is 0 Å². The molecule has 0 aliphatic carbocycles. The van der Waals surface area contributed by atoms with Gasteiger partial charge in [0.2, 0.25) is 5.43 Å². The highest BCUT2D eigenvalue weighted by Crippen LogP contribution is 2.19. The molecule has 3 aromatic rings. The average Bonchev–Trinajstić information content (AvgIpc) is 2.38. The summed E-state index contributed by atoms with van der Waals surface area (Å²) in [5.41, 5.74) is 0.440. The number of pyridine rings is 2. The highest BCUT2D eigenvalue weighted by molar-refractivity contribution is 6.05. The van der Waals surface area contributed by atoms with E-state index >= 15 is 0 Å². The highest BCUT2D eigenvalue weighted by atomic mass is 16.4. The molecule has 0 aliphatic rings. The summed E-state index contributed by atoms with van der Waals surface area (Å²) in [4.78, 5) is 30.1. The minimum atomic E-state index is -1.24. The Hall–Kier alpha value is -2.69. The molecule has 0 saturated carbocycles. The molecule has 0 amide bonds. The minimum Gasteiger partial charge on any atom is -0.477 e. The molecule has 0 radical (unpaired) electrons. The highest BCUT2D eigenvalue weighted by Gasteiger charge is 2.13. The number of fused-ring (bicyclic) bond motifs is 3. The molecule has 5 heteroatoms. The molecule has 88 valence electrons. The fraction of sp³-hybridized carbons (Fsp3) is 0. The first-order valence-electron chi connectivity index (χ1n) is 5.31. The third-order valence-electron chi connectivity index (χ3n) is 2.85. The Morgan fingerprint density at radius 2 is 2.06 bits per heavy atom. The third kappa shape index (κ3) is 1.37. The van der Waals surface area contributed by atoms with E-state index in [1.807, 2.05) is 6.07 Å². The average molecular weight is 240 g/mol. The zero-order chi connectivity index (χ0) is 12.7. The Bertz CT molecular complexity index is 836. The normalized spacial score (nSPS) is 10.9. The Morgan fingerprint density at radius 3 is 2.83 bits per heavy atom. The molecule has 0 atom stereocenters. The molecule has 0 spiro atoms. The van der Waals surface area contributed by atoms with Crippen LogP contribution in [0, 0.1) is 0 Å². The van der Waals surface area contributed by atoms with Crippen molar-refractivity contribution in [3.63, 3.8) is 0 Å². The van der Waals surface area contributed by atoms with Crippen LogP contribution in [-0.2, 0) is 0 Å². The Labute approximate surface area is 101 Å². The van der Waals surface area contributed by atoms with E-state index in [0.29, 0.717) is 21.8 Å². The van der Waals surface area contributed by atoms with Crippen molar-refractivity contribution >= 4 is 27.8 Å². The maximum Gasteiger partial charge on any atom is 0.341 e.